The van der Waals surface area contributed by atoms with Gasteiger partial charge in [0.05, 0.1) is 16.7 Å². The van der Waals surface area contributed by atoms with E-state index in [1.165, 1.54) is 36.5 Å². The van der Waals surface area contributed by atoms with Crippen LogP contribution in [0.3, 0.4) is 0 Å². The first-order valence-corrected chi connectivity index (χ1v) is 7.03. The van der Waals surface area contributed by atoms with Gasteiger partial charge >= 0.3 is 5.97 Å². The third-order valence-corrected chi connectivity index (χ3v) is 5.04. The first-order chi connectivity index (χ1) is 8.94. The van der Waals surface area contributed by atoms with E-state index in [4.69, 9.17) is 21.2 Å². The van der Waals surface area contributed by atoms with Crippen LogP contribution >= 0.6 is 11.6 Å². The third kappa shape index (κ3) is 2.47. The maximum absolute atomic E-state index is 12.3. The highest BCUT2D eigenvalue weighted by Crippen LogP contribution is 2.33. The Labute approximate surface area is 113 Å². The summed E-state index contributed by atoms with van der Waals surface area (Å²) in [4.78, 5) is 10.7. The second-order valence-electron chi connectivity index (χ2n) is 3.58. The van der Waals surface area contributed by atoms with Gasteiger partial charge in [0, 0.05) is 6.07 Å². The number of rotatable bonds is 4. The minimum absolute atomic E-state index is 0.0677. The smallest absolute Gasteiger partial charge is 0.337 e. The van der Waals surface area contributed by atoms with E-state index in [1.54, 1.807) is 0 Å². The van der Waals surface area contributed by atoms with Crippen molar-refractivity contribution in [2.75, 3.05) is 0 Å². The second-order valence-corrected chi connectivity index (χ2v) is 6.27. The lowest BCUT2D eigenvalue weighted by Gasteiger charge is -2.10. The Balaban J connectivity index is 2.55. The fourth-order valence-corrected chi connectivity index (χ4v) is 3.28. The first kappa shape index (κ1) is 13.6. The van der Waals surface area contributed by atoms with Crippen LogP contribution in [0, 0.1) is 0 Å². The number of alkyl halides is 1. The fraction of sp³-hybridized carbons (Fsp3) is 0.0909. The molecule has 6 nitrogen and oxygen atoms in total. The summed E-state index contributed by atoms with van der Waals surface area (Å²) in [6, 6.07) is 6.53. The Hall–Kier alpha value is -1.86. The lowest BCUT2D eigenvalue weighted by atomic mass is 10.2. The van der Waals surface area contributed by atoms with Crippen LogP contribution in [0.5, 0.6) is 0 Å². The maximum Gasteiger partial charge on any atom is 0.337 e. The number of carboxylic acid groups (broad SMARTS) is 1. The van der Waals surface area contributed by atoms with Gasteiger partial charge in [0.25, 0.3) is 0 Å². The van der Waals surface area contributed by atoms with Gasteiger partial charge in [0.15, 0.2) is 10.5 Å². The molecule has 0 aliphatic rings. The zero-order chi connectivity index (χ0) is 14.0. The molecule has 2 rings (SSSR count). The Morgan fingerprint density at radius 2 is 2.00 bits per heavy atom. The minimum atomic E-state index is -4.09. The molecule has 0 aliphatic heterocycles. The van der Waals surface area contributed by atoms with Gasteiger partial charge in [-0.25, -0.2) is 13.2 Å². The van der Waals surface area contributed by atoms with Crippen molar-refractivity contribution >= 4 is 27.4 Å². The van der Waals surface area contributed by atoms with Crippen LogP contribution in [0.2, 0.25) is 0 Å². The zero-order valence-electron chi connectivity index (χ0n) is 9.36. The van der Waals surface area contributed by atoms with E-state index < -0.39 is 20.5 Å². The van der Waals surface area contributed by atoms with E-state index in [-0.39, 0.29) is 16.2 Å². The molecule has 0 fully saturated rings. The predicted molar refractivity (Wildman–Crippen MR) is 65.7 cm³/mol. The summed E-state index contributed by atoms with van der Waals surface area (Å²) in [5.74, 6) is -1.41. The number of aromatic nitrogens is 1. The topological polar surface area (TPSA) is 97.5 Å². The van der Waals surface area contributed by atoms with E-state index in [0.29, 0.717) is 0 Å². The summed E-state index contributed by atoms with van der Waals surface area (Å²) in [5.41, 5.74) is -0.340. The molecule has 19 heavy (non-hydrogen) atoms. The first-order valence-electron chi connectivity index (χ1n) is 5.05. The molecule has 0 radical (unpaired) electrons. The van der Waals surface area contributed by atoms with E-state index in [2.05, 4.69) is 5.16 Å². The van der Waals surface area contributed by atoms with Crippen LogP contribution in [0.25, 0.3) is 0 Å². The van der Waals surface area contributed by atoms with Crippen molar-refractivity contribution in [1.82, 2.24) is 5.16 Å². The van der Waals surface area contributed by atoms with Crippen LogP contribution in [0.4, 0.5) is 0 Å². The number of halogens is 1. The zero-order valence-corrected chi connectivity index (χ0v) is 10.9. The quantitative estimate of drug-likeness (QED) is 0.868. The number of hydrogen-bond donors (Lipinski definition) is 1. The molecule has 1 aromatic heterocycles. The van der Waals surface area contributed by atoms with Crippen LogP contribution in [0.15, 0.2) is 45.9 Å². The number of hydrogen-bond acceptors (Lipinski definition) is 5. The fourth-order valence-electron chi connectivity index (χ4n) is 1.50. The van der Waals surface area contributed by atoms with Crippen molar-refractivity contribution in [2.24, 2.45) is 0 Å². The average molecular weight is 302 g/mol. The average Bonchev–Trinajstić information content (AvgIpc) is 2.91. The summed E-state index contributed by atoms with van der Waals surface area (Å²) in [6.45, 7) is 0. The Kier molecular flexibility index (Phi) is 3.59. The minimum Gasteiger partial charge on any atom is -0.478 e. The molecule has 0 saturated heterocycles. The Bertz CT molecular complexity index is 696. The van der Waals surface area contributed by atoms with E-state index in [1.807, 2.05) is 0 Å². The molecule has 0 bridgehead atoms. The van der Waals surface area contributed by atoms with Gasteiger partial charge in [0.1, 0.15) is 0 Å². The van der Waals surface area contributed by atoms with Crippen LogP contribution in [0.1, 0.15) is 20.8 Å². The monoisotopic (exact) mass is 301 g/mol. The third-order valence-electron chi connectivity index (χ3n) is 2.38. The lowest BCUT2D eigenvalue weighted by Crippen LogP contribution is -2.13. The number of carbonyl (C=O) groups is 1. The van der Waals surface area contributed by atoms with Gasteiger partial charge in [-0.05, 0) is 12.1 Å². The molecule has 8 heteroatoms. The number of sulfone groups is 1. The molecule has 1 atom stereocenters. The highest BCUT2D eigenvalue weighted by atomic mass is 35.5. The van der Waals surface area contributed by atoms with Gasteiger partial charge in [-0.3, -0.25) is 0 Å². The molecular weight excluding hydrogens is 294 g/mol. The lowest BCUT2D eigenvalue weighted by molar-refractivity contribution is 0.0692. The summed E-state index contributed by atoms with van der Waals surface area (Å²) in [7, 11) is -4.09. The van der Waals surface area contributed by atoms with Crippen LogP contribution < -0.4 is 0 Å². The summed E-state index contributed by atoms with van der Waals surface area (Å²) in [5, 5.41) is 12.4. The maximum atomic E-state index is 12.3. The predicted octanol–water partition coefficient (Wildman–Crippen LogP) is 2.08. The highest BCUT2D eigenvalue weighted by molar-refractivity contribution is 7.93. The van der Waals surface area contributed by atoms with Crippen molar-refractivity contribution in [1.29, 1.82) is 0 Å². The van der Waals surface area contributed by atoms with Crippen molar-refractivity contribution in [2.45, 2.75) is 9.60 Å². The molecule has 0 spiro atoms. The molecule has 100 valence electrons. The van der Waals surface area contributed by atoms with Crippen LogP contribution in [-0.2, 0) is 9.84 Å². The Morgan fingerprint density at radius 1 is 1.32 bits per heavy atom. The van der Waals surface area contributed by atoms with Gasteiger partial charge < -0.3 is 9.63 Å². The van der Waals surface area contributed by atoms with Gasteiger partial charge in [-0.2, -0.15) is 0 Å². The van der Waals surface area contributed by atoms with Gasteiger partial charge in [0.2, 0.25) is 9.84 Å². The largest absolute Gasteiger partial charge is 0.478 e. The molecule has 0 amide bonds. The van der Waals surface area contributed by atoms with Crippen molar-refractivity contribution in [3.8, 4) is 0 Å². The molecular formula is C11H8ClNO5S. The molecule has 0 saturated carbocycles. The van der Waals surface area contributed by atoms with E-state index in [9.17, 15) is 13.2 Å². The molecule has 1 N–H and O–H groups in total. The second kappa shape index (κ2) is 5.02. The molecule has 1 unspecified atom stereocenters. The highest BCUT2D eigenvalue weighted by Gasteiger charge is 2.33. The summed E-state index contributed by atoms with van der Waals surface area (Å²) in [6.07, 6.45) is 1.25. The van der Waals surface area contributed by atoms with Crippen molar-refractivity contribution < 1.29 is 22.8 Å². The molecule has 0 aliphatic carbocycles. The van der Waals surface area contributed by atoms with Gasteiger partial charge in [-0.15, -0.1) is 0 Å². The Morgan fingerprint density at radius 3 is 2.58 bits per heavy atom. The summed E-state index contributed by atoms with van der Waals surface area (Å²) >= 11 is 5.84. The number of aromatic carboxylic acids is 1. The SMILES string of the molecule is O=C(O)c1ccccc1S(=O)(=O)C(Cl)c1ccno1. The number of benzene rings is 1. The molecule has 1 aromatic carbocycles. The van der Waals surface area contributed by atoms with E-state index >= 15 is 0 Å². The molecule has 1 heterocycles. The molecule has 2 aromatic rings. The number of carboxylic acids is 1. The van der Waals surface area contributed by atoms with Gasteiger partial charge in [-0.1, -0.05) is 28.9 Å². The summed E-state index contributed by atoms with van der Waals surface area (Å²) < 4.78 is 27.7. The standard InChI is InChI=1S/C11H8ClNO5S/c12-10(8-5-6-13-18-8)19(16,17)9-4-2-1-3-7(9)11(14)15/h1-6,10H,(H,14,15). The van der Waals surface area contributed by atoms with Crippen LogP contribution in [-0.4, -0.2) is 24.7 Å². The normalized spacial score (nSPS) is 13.1. The van der Waals surface area contributed by atoms with Crippen molar-refractivity contribution in [3.05, 3.63) is 47.9 Å². The number of nitrogens with zero attached hydrogens (tertiary/aromatic N) is 1. The van der Waals surface area contributed by atoms with Crippen molar-refractivity contribution in [3.63, 3.8) is 0 Å². The van der Waals surface area contributed by atoms with E-state index in [0.717, 1.165) is 0 Å².